The number of halogens is 4. The van der Waals surface area contributed by atoms with Gasteiger partial charge in [0, 0.05) is 30.5 Å². The first-order chi connectivity index (χ1) is 20.8. The number of ether oxygens (including phenoxy) is 2. The molecule has 0 radical (unpaired) electrons. The van der Waals surface area contributed by atoms with Crippen LogP contribution in [0.25, 0.3) is 33.5 Å². The minimum Gasteiger partial charge on any atom is -0.490 e. The van der Waals surface area contributed by atoms with E-state index in [2.05, 4.69) is 52.9 Å². The quantitative estimate of drug-likeness (QED) is 0.144. The van der Waals surface area contributed by atoms with Crippen LogP contribution in [0.5, 0.6) is 11.5 Å². The van der Waals surface area contributed by atoms with Crippen LogP contribution in [0.15, 0.2) is 107 Å². The van der Waals surface area contributed by atoms with Gasteiger partial charge in [0.2, 0.25) is 5.82 Å². The highest BCUT2D eigenvalue weighted by atomic mass is 79.9. The lowest BCUT2D eigenvalue weighted by Crippen LogP contribution is -2.20. The molecule has 216 valence electrons. The third-order valence-corrected chi connectivity index (χ3v) is 9.56. The van der Waals surface area contributed by atoms with Gasteiger partial charge in [-0.1, -0.05) is 57.9 Å². The number of hydrogen-bond donors (Lipinski definition) is 0. The Labute approximate surface area is 276 Å². The fourth-order valence-electron chi connectivity index (χ4n) is 4.50. The van der Waals surface area contributed by atoms with Gasteiger partial charge in [0.1, 0.15) is 12.2 Å². The SMILES string of the molecule is CCOc1cc(C=Nn2c(-c3cc4cc(Br)ccc4o3)nc3ccccc3c2=O)c(Br)c(Br)c1OCc1ccccc1Cl. The first-order valence-corrected chi connectivity index (χ1v) is 15.9. The van der Waals surface area contributed by atoms with Crippen molar-refractivity contribution in [3.8, 4) is 23.1 Å². The zero-order chi connectivity index (χ0) is 30.1. The molecule has 0 fully saturated rings. The number of fused-ring (bicyclic) bond motifs is 2. The average molecular weight is 787 g/mol. The summed E-state index contributed by atoms with van der Waals surface area (Å²) in [7, 11) is 0. The second kappa shape index (κ2) is 12.7. The summed E-state index contributed by atoms with van der Waals surface area (Å²) in [5, 5.41) is 6.52. The number of furan rings is 1. The Morgan fingerprint density at radius 3 is 2.58 bits per heavy atom. The Kier molecular flexibility index (Phi) is 8.72. The van der Waals surface area contributed by atoms with Crippen molar-refractivity contribution in [3.05, 3.63) is 119 Å². The summed E-state index contributed by atoms with van der Waals surface area (Å²) in [4.78, 5) is 18.5. The molecule has 6 aromatic rings. The number of aromatic nitrogens is 2. The summed E-state index contributed by atoms with van der Waals surface area (Å²) < 4.78 is 21.6. The number of rotatable bonds is 8. The van der Waals surface area contributed by atoms with Crippen molar-refractivity contribution in [1.29, 1.82) is 0 Å². The summed E-state index contributed by atoms with van der Waals surface area (Å²) in [5.41, 5.74) is 2.35. The average Bonchev–Trinajstić information content (AvgIpc) is 3.42. The van der Waals surface area contributed by atoms with E-state index in [0.717, 1.165) is 15.4 Å². The molecule has 2 heterocycles. The Morgan fingerprint density at radius 2 is 1.77 bits per heavy atom. The van der Waals surface area contributed by atoms with Crippen molar-refractivity contribution in [3.63, 3.8) is 0 Å². The molecular weight excluding hydrogens is 766 g/mol. The topological polar surface area (TPSA) is 78.9 Å². The van der Waals surface area contributed by atoms with Gasteiger partial charge < -0.3 is 13.9 Å². The van der Waals surface area contributed by atoms with E-state index in [0.29, 0.717) is 59.9 Å². The number of hydrogen-bond acceptors (Lipinski definition) is 6. The molecule has 43 heavy (non-hydrogen) atoms. The Morgan fingerprint density at radius 1 is 0.977 bits per heavy atom. The van der Waals surface area contributed by atoms with Crippen LogP contribution in [0.4, 0.5) is 0 Å². The highest BCUT2D eigenvalue weighted by Crippen LogP contribution is 2.43. The van der Waals surface area contributed by atoms with Gasteiger partial charge >= 0.3 is 0 Å². The minimum absolute atomic E-state index is 0.244. The molecule has 11 heteroatoms. The molecule has 7 nitrogen and oxygen atoms in total. The van der Waals surface area contributed by atoms with Crippen LogP contribution < -0.4 is 15.0 Å². The molecule has 2 aromatic heterocycles. The maximum Gasteiger partial charge on any atom is 0.282 e. The highest BCUT2D eigenvalue weighted by molar-refractivity contribution is 9.13. The molecule has 0 aliphatic rings. The van der Waals surface area contributed by atoms with E-state index >= 15 is 0 Å². The molecular formula is C32H21Br3ClN3O4. The van der Waals surface area contributed by atoms with Gasteiger partial charge in [0.15, 0.2) is 17.3 Å². The van der Waals surface area contributed by atoms with E-state index < -0.39 is 0 Å². The van der Waals surface area contributed by atoms with Crippen molar-refractivity contribution in [2.75, 3.05) is 6.61 Å². The number of benzene rings is 4. The van der Waals surface area contributed by atoms with Crippen LogP contribution in [0.2, 0.25) is 5.02 Å². The Balaban J connectivity index is 1.44. The molecule has 6 rings (SSSR count). The first-order valence-electron chi connectivity index (χ1n) is 13.1. The zero-order valence-electron chi connectivity index (χ0n) is 22.5. The van der Waals surface area contributed by atoms with E-state index in [4.69, 9.17) is 30.5 Å². The van der Waals surface area contributed by atoms with Crippen LogP contribution in [-0.4, -0.2) is 22.5 Å². The lowest BCUT2D eigenvalue weighted by atomic mass is 10.2. The Hall–Kier alpha value is -3.44. The van der Waals surface area contributed by atoms with Crippen LogP contribution in [0, 0.1) is 0 Å². The van der Waals surface area contributed by atoms with Crippen molar-refractivity contribution >= 4 is 87.5 Å². The molecule has 0 saturated carbocycles. The van der Waals surface area contributed by atoms with Gasteiger partial charge in [0.05, 0.1) is 28.2 Å². The second-order valence-electron chi connectivity index (χ2n) is 9.34. The van der Waals surface area contributed by atoms with Crippen LogP contribution in [-0.2, 0) is 6.61 Å². The lowest BCUT2D eigenvalue weighted by molar-refractivity contribution is 0.267. The van der Waals surface area contributed by atoms with Gasteiger partial charge in [-0.05, 0) is 87.3 Å². The maximum absolute atomic E-state index is 13.7. The fourth-order valence-corrected chi connectivity index (χ4v) is 6.00. The van der Waals surface area contributed by atoms with Gasteiger partial charge in [-0.15, -0.1) is 0 Å². The third kappa shape index (κ3) is 6.02. The summed E-state index contributed by atoms with van der Waals surface area (Å²) in [5.74, 6) is 1.68. The molecule has 0 amide bonds. The molecule has 0 aliphatic heterocycles. The van der Waals surface area contributed by atoms with Crippen molar-refractivity contribution in [1.82, 2.24) is 9.66 Å². The van der Waals surface area contributed by atoms with E-state index in [-0.39, 0.29) is 18.0 Å². The summed E-state index contributed by atoms with van der Waals surface area (Å²) >= 11 is 17.1. The smallest absolute Gasteiger partial charge is 0.282 e. The van der Waals surface area contributed by atoms with E-state index in [1.54, 1.807) is 30.5 Å². The van der Waals surface area contributed by atoms with Gasteiger partial charge in [-0.25, -0.2) is 4.98 Å². The molecule has 0 atom stereocenters. The molecule has 0 saturated heterocycles. The minimum atomic E-state index is -0.335. The standard InChI is InChI=1S/C32H21Br3ClN3O4/c1-2-41-26-15-20(28(34)29(35)30(26)42-17-18-7-3-5-9-23(18)36)16-37-39-31(38-24-10-6-4-8-22(24)32(39)40)27-14-19-13-21(33)11-12-25(19)43-27/h3-16H,2,17H2,1H3. The molecule has 0 N–H and O–H groups in total. The first kappa shape index (κ1) is 29.6. The largest absolute Gasteiger partial charge is 0.490 e. The molecule has 0 aliphatic carbocycles. The van der Waals surface area contributed by atoms with Gasteiger partial charge in [-0.2, -0.15) is 9.78 Å². The third-order valence-electron chi connectivity index (χ3n) is 6.55. The normalized spacial score (nSPS) is 11.6. The Bertz CT molecular complexity index is 2090. The van der Waals surface area contributed by atoms with Crippen LogP contribution in [0.1, 0.15) is 18.1 Å². The predicted molar refractivity (Wildman–Crippen MR) is 181 cm³/mol. The van der Waals surface area contributed by atoms with E-state index in [1.165, 1.54) is 4.68 Å². The fraction of sp³-hybridized carbons (Fsp3) is 0.0938. The van der Waals surface area contributed by atoms with Crippen molar-refractivity contribution in [2.24, 2.45) is 5.10 Å². The maximum atomic E-state index is 13.7. The van der Waals surface area contributed by atoms with Gasteiger partial charge in [-0.3, -0.25) is 4.79 Å². The lowest BCUT2D eigenvalue weighted by Gasteiger charge is -2.17. The molecule has 0 spiro atoms. The van der Waals surface area contributed by atoms with Crippen LogP contribution in [0.3, 0.4) is 0 Å². The van der Waals surface area contributed by atoms with Crippen molar-refractivity contribution in [2.45, 2.75) is 13.5 Å². The molecule has 0 bridgehead atoms. The summed E-state index contributed by atoms with van der Waals surface area (Å²) in [6, 6.07) is 23.9. The molecule has 4 aromatic carbocycles. The van der Waals surface area contributed by atoms with Crippen LogP contribution >= 0.6 is 59.4 Å². The second-order valence-corrected chi connectivity index (χ2v) is 12.2. The predicted octanol–water partition coefficient (Wildman–Crippen LogP) is 9.61. The number of para-hydroxylation sites is 1. The van der Waals surface area contributed by atoms with Gasteiger partial charge in [0.25, 0.3) is 5.56 Å². The van der Waals surface area contributed by atoms with E-state index in [9.17, 15) is 4.79 Å². The number of nitrogens with zero attached hydrogens (tertiary/aromatic N) is 3. The summed E-state index contributed by atoms with van der Waals surface area (Å²) in [6.45, 7) is 2.54. The van der Waals surface area contributed by atoms with E-state index in [1.807, 2.05) is 61.5 Å². The van der Waals surface area contributed by atoms with Crippen molar-refractivity contribution < 1.29 is 13.9 Å². The summed E-state index contributed by atoms with van der Waals surface area (Å²) in [6.07, 6.45) is 1.57. The monoisotopic (exact) mass is 783 g/mol. The molecule has 0 unspecified atom stereocenters. The zero-order valence-corrected chi connectivity index (χ0v) is 28.0. The highest BCUT2D eigenvalue weighted by Gasteiger charge is 2.20.